The quantitative estimate of drug-likeness (QED) is 0.207. The molecule has 9 heteroatoms. The zero-order chi connectivity index (χ0) is 25.0. The molecule has 1 aromatic carbocycles. The molecular weight excluding hydrogens is 468 g/mol. The standard InChI is InChI=1S/C27H34N6O2Si/c1-36(2,3)15-14-34-20-33-26(10-11-30-33)22-17-28-27(29-18-22)35-24-8-9-25-21(16-24)6-7-23(31-25)19-32-12-4-5-13-32/h6-11,16-18H,4-5,12-15,19-20H2,1-3H3. The van der Waals surface area contributed by atoms with Crippen molar-refractivity contribution in [1.29, 1.82) is 0 Å². The largest absolute Gasteiger partial charge is 0.424 e. The average Bonchev–Trinajstić information content (AvgIpc) is 3.54. The van der Waals surface area contributed by atoms with Gasteiger partial charge in [0, 0.05) is 50.8 Å². The molecule has 0 amide bonds. The molecule has 188 valence electrons. The van der Waals surface area contributed by atoms with Crippen molar-refractivity contribution in [3.05, 3.63) is 60.7 Å². The molecule has 8 nitrogen and oxygen atoms in total. The van der Waals surface area contributed by atoms with Crippen molar-refractivity contribution in [1.82, 2.24) is 29.6 Å². The number of nitrogens with zero attached hydrogens (tertiary/aromatic N) is 6. The zero-order valence-corrected chi connectivity index (χ0v) is 22.4. The van der Waals surface area contributed by atoms with Crippen LogP contribution in [-0.2, 0) is 18.0 Å². The van der Waals surface area contributed by atoms with Crippen molar-refractivity contribution in [2.75, 3.05) is 19.7 Å². The van der Waals surface area contributed by atoms with Crippen molar-refractivity contribution in [2.45, 2.75) is 51.8 Å². The molecule has 3 aromatic heterocycles. The highest BCUT2D eigenvalue weighted by atomic mass is 28.3. The first-order valence-corrected chi connectivity index (χ1v) is 16.4. The fraction of sp³-hybridized carbons (Fsp3) is 0.407. The van der Waals surface area contributed by atoms with Gasteiger partial charge in [-0.15, -0.1) is 0 Å². The van der Waals surface area contributed by atoms with E-state index in [1.54, 1.807) is 18.6 Å². The average molecular weight is 503 g/mol. The van der Waals surface area contributed by atoms with Crippen LogP contribution in [0.2, 0.25) is 25.7 Å². The van der Waals surface area contributed by atoms with Gasteiger partial charge >= 0.3 is 6.01 Å². The molecule has 0 aliphatic carbocycles. The maximum atomic E-state index is 5.94. The van der Waals surface area contributed by atoms with Gasteiger partial charge in [-0.1, -0.05) is 25.7 Å². The zero-order valence-electron chi connectivity index (χ0n) is 21.4. The maximum Gasteiger partial charge on any atom is 0.321 e. The summed E-state index contributed by atoms with van der Waals surface area (Å²) >= 11 is 0. The number of ether oxygens (including phenoxy) is 2. The number of rotatable bonds is 10. The predicted molar refractivity (Wildman–Crippen MR) is 144 cm³/mol. The Morgan fingerprint density at radius 3 is 2.56 bits per heavy atom. The molecule has 0 N–H and O–H groups in total. The number of fused-ring (bicyclic) bond motifs is 1. The fourth-order valence-electron chi connectivity index (χ4n) is 4.28. The highest BCUT2D eigenvalue weighted by Gasteiger charge is 2.14. The first kappa shape index (κ1) is 24.5. The Labute approximate surface area is 213 Å². The van der Waals surface area contributed by atoms with Crippen molar-refractivity contribution in [2.24, 2.45) is 0 Å². The van der Waals surface area contributed by atoms with Crippen LogP contribution in [-0.4, -0.2) is 57.4 Å². The van der Waals surface area contributed by atoms with Gasteiger partial charge in [-0.25, -0.2) is 14.6 Å². The van der Waals surface area contributed by atoms with Gasteiger partial charge in [0.05, 0.1) is 16.9 Å². The Hall–Kier alpha value is -3.14. The van der Waals surface area contributed by atoms with Crippen LogP contribution < -0.4 is 4.74 Å². The van der Waals surface area contributed by atoms with E-state index in [0.717, 1.165) is 47.0 Å². The van der Waals surface area contributed by atoms with E-state index < -0.39 is 8.07 Å². The molecule has 5 rings (SSSR count). The van der Waals surface area contributed by atoms with E-state index in [4.69, 9.17) is 14.5 Å². The molecular formula is C27H34N6O2Si. The fourth-order valence-corrected chi connectivity index (χ4v) is 5.04. The van der Waals surface area contributed by atoms with Crippen LogP contribution in [0.25, 0.3) is 22.2 Å². The van der Waals surface area contributed by atoms with Crippen molar-refractivity contribution in [3.63, 3.8) is 0 Å². The van der Waals surface area contributed by atoms with Crippen LogP contribution in [0.15, 0.2) is 55.0 Å². The summed E-state index contributed by atoms with van der Waals surface area (Å²) in [6.45, 7) is 11.4. The van der Waals surface area contributed by atoms with E-state index in [1.165, 1.54) is 25.9 Å². The molecule has 1 fully saturated rings. The van der Waals surface area contributed by atoms with E-state index in [9.17, 15) is 0 Å². The highest BCUT2D eigenvalue weighted by molar-refractivity contribution is 6.76. The number of hydrogen-bond acceptors (Lipinski definition) is 7. The summed E-state index contributed by atoms with van der Waals surface area (Å²) in [6.07, 6.45) is 7.85. The smallest absolute Gasteiger partial charge is 0.321 e. The molecule has 1 aliphatic heterocycles. The number of benzene rings is 1. The van der Waals surface area contributed by atoms with Crippen LogP contribution in [0.5, 0.6) is 11.8 Å². The summed E-state index contributed by atoms with van der Waals surface area (Å²) in [6, 6.07) is 13.5. The second-order valence-electron chi connectivity index (χ2n) is 10.6. The molecule has 4 heterocycles. The van der Waals surface area contributed by atoms with Gasteiger partial charge in [-0.2, -0.15) is 5.10 Å². The topological polar surface area (TPSA) is 78.2 Å². The number of pyridine rings is 1. The summed E-state index contributed by atoms with van der Waals surface area (Å²) in [4.78, 5) is 16.1. The molecule has 0 bridgehead atoms. The lowest BCUT2D eigenvalue weighted by molar-refractivity contribution is 0.0798. The molecule has 0 atom stereocenters. The van der Waals surface area contributed by atoms with Gasteiger partial charge < -0.3 is 9.47 Å². The minimum absolute atomic E-state index is 0.300. The minimum atomic E-state index is -1.11. The second-order valence-corrected chi connectivity index (χ2v) is 16.2. The number of aromatic nitrogens is 5. The molecule has 0 radical (unpaired) electrons. The SMILES string of the molecule is C[Si](C)(C)CCOCn1nccc1-c1cnc(Oc2ccc3nc(CN4CCCC4)ccc3c2)nc1. The van der Waals surface area contributed by atoms with E-state index in [-0.39, 0.29) is 0 Å². The summed E-state index contributed by atoms with van der Waals surface area (Å²) in [5.74, 6) is 0.685. The van der Waals surface area contributed by atoms with Gasteiger partial charge in [0.2, 0.25) is 0 Å². The lowest BCUT2D eigenvalue weighted by atomic mass is 10.2. The van der Waals surface area contributed by atoms with Gasteiger partial charge in [0.15, 0.2) is 0 Å². The first-order valence-electron chi connectivity index (χ1n) is 12.6. The highest BCUT2D eigenvalue weighted by Crippen LogP contribution is 2.25. The van der Waals surface area contributed by atoms with Crippen molar-refractivity contribution in [3.8, 4) is 23.0 Å². The maximum absolute atomic E-state index is 5.94. The Morgan fingerprint density at radius 1 is 0.972 bits per heavy atom. The van der Waals surface area contributed by atoms with Crippen LogP contribution >= 0.6 is 0 Å². The molecule has 36 heavy (non-hydrogen) atoms. The molecule has 1 aliphatic rings. The number of hydrogen-bond donors (Lipinski definition) is 0. The van der Waals surface area contributed by atoms with E-state index in [2.05, 4.69) is 51.7 Å². The van der Waals surface area contributed by atoms with Gasteiger partial charge in [-0.3, -0.25) is 9.88 Å². The van der Waals surface area contributed by atoms with Gasteiger partial charge in [-0.05, 0) is 62.3 Å². The molecule has 1 saturated heterocycles. The van der Waals surface area contributed by atoms with Gasteiger partial charge in [0.1, 0.15) is 12.5 Å². The third kappa shape index (κ3) is 6.34. The van der Waals surface area contributed by atoms with E-state index in [0.29, 0.717) is 18.5 Å². The van der Waals surface area contributed by atoms with Crippen LogP contribution in [0.1, 0.15) is 18.5 Å². The van der Waals surface area contributed by atoms with Crippen LogP contribution in [0.3, 0.4) is 0 Å². The Bertz CT molecular complexity index is 1300. The normalized spacial score (nSPS) is 14.5. The molecule has 0 spiro atoms. The summed E-state index contributed by atoms with van der Waals surface area (Å²) in [7, 11) is -1.11. The van der Waals surface area contributed by atoms with E-state index in [1.807, 2.05) is 28.9 Å². The molecule has 0 unspecified atom stereocenters. The third-order valence-electron chi connectivity index (χ3n) is 6.36. The van der Waals surface area contributed by atoms with Crippen molar-refractivity contribution >= 4 is 19.0 Å². The summed E-state index contributed by atoms with van der Waals surface area (Å²) < 4.78 is 13.6. The van der Waals surface area contributed by atoms with Crippen LogP contribution in [0.4, 0.5) is 0 Å². The lowest BCUT2D eigenvalue weighted by Gasteiger charge is -2.15. The lowest BCUT2D eigenvalue weighted by Crippen LogP contribution is -2.22. The van der Waals surface area contributed by atoms with E-state index >= 15 is 0 Å². The number of likely N-dealkylation sites (tertiary alicyclic amines) is 1. The Morgan fingerprint density at radius 2 is 1.78 bits per heavy atom. The molecule has 0 saturated carbocycles. The minimum Gasteiger partial charge on any atom is -0.424 e. The van der Waals surface area contributed by atoms with Crippen LogP contribution in [0, 0.1) is 0 Å². The second kappa shape index (κ2) is 10.9. The Kier molecular flexibility index (Phi) is 7.40. The molecule has 4 aromatic rings. The Balaban J connectivity index is 1.21. The summed E-state index contributed by atoms with van der Waals surface area (Å²) in [5.41, 5.74) is 3.85. The van der Waals surface area contributed by atoms with Gasteiger partial charge in [0.25, 0.3) is 0 Å². The summed E-state index contributed by atoms with van der Waals surface area (Å²) in [5, 5.41) is 5.42. The van der Waals surface area contributed by atoms with Crippen molar-refractivity contribution < 1.29 is 9.47 Å². The third-order valence-corrected chi connectivity index (χ3v) is 8.07. The first-order chi connectivity index (χ1) is 17.4. The predicted octanol–water partition coefficient (Wildman–Crippen LogP) is 5.59. The monoisotopic (exact) mass is 502 g/mol.